The molecule has 1 fully saturated rings. The van der Waals surface area contributed by atoms with Gasteiger partial charge in [-0.1, -0.05) is 44.2 Å². The van der Waals surface area contributed by atoms with E-state index in [-0.39, 0.29) is 0 Å². The Balaban J connectivity index is 1.71. The van der Waals surface area contributed by atoms with Gasteiger partial charge in [0.15, 0.2) is 0 Å². The predicted octanol–water partition coefficient (Wildman–Crippen LogP) is 4.34. The van der Waals surface area contributed by atoms with E-state index in [0.717, 1.165) is 18.3 Å². The summed E-state index contributed by atoms with van der Waals surface area (Å²) in [6.07, 6.45) is 8.35. The number of hydrogen-bond acceptors (Lipinski definition) is 1. The lowest BCUT2D eigenvalue weighted by Gasteiger charge is -2.21. The topological polar surface area (TPSA) is 9.23 Å². The third-order valence-electron chi connectivity index (χ3n) is 3.51. The largest absolute Gasteiger partial charge is 0.494 e. The van der Waals surface area contributed by atoms with E-state index in [2.05, 4.69) is 25.1 Å². The molecule has 0 atom stereocenters. The Hall–Kier alpha value is -0.980. The molecule has 1 aliphatic carbocycles. The first-order chi connectivity index (χ1) is 7.84. The average molecular weight is 218 g/mol. The number of benzene rings is 1. The van der Waals surface area contributed by atoms with Gasteiger partial charge in [-0.25, -0.2) is 0 Å². The lowest BCUT2D eigenvalue weighted by atomic mass is 9.87. The van der Waals surface area contributed by atoms with E-state index >= 15 is 0 Å². The van der Waals surface area contributed by atoms with Gasteiger partial charge in [-0.2, -0.15) is 0 Å². The van der Waals surface area contributed by atoms with Gasteiger partial charge in [-0.05, 0) is 37.0 Å². The molecule has 0 unspecified atom stereocenters. The molecule has 0 saturated heterocycles. The van der Waals surface area contributed by atoms with Crippen molar-refractivity contribution in [1.29, 1.82) is 0 Å². The number of ether oxygens (including phenoxy) is 1. The summed E-state index contributed by atoms with van der Waals surface area (Å²) in [5.74, 6) is 1.94. The van der Waals surface area contributed by atoms with Crippen LogP contribution in [0.25, 0.3) is 0 Å². The van der Waals surface area contributed by atoms with Crippen molar-refractivity contribution in [1.82, 2.24) is 0 Å². The number of hydrogen-bond donors (Lipinski definition) is 0. The predicted molar refractivity (Wildman–Crippen MR) is 67.9 cm³/mol. The molecule has 1 aromatic rings. The first-order valence-corrected chi connectivity index (χ1v) is 6.54. The molecule has 1 nitrogen and oxygen atoms in total. The molecule has 0 bridgehead atoms. The van der Waals surface area contributed by atoms with Gasteiger partial charge >= 0.3 is 0 Å². The van der Waals surface area contributed by atoms with E-state index < -0.39 is 0 Å². The lowest BCUT2D eigenvalue weighted by Crippen LogP contribution is -2.10. The molecule has 1 aliphatic rings. The molecule has 0 aliphatic heterocycles. The highest BCUT2D eigenvalue weighted by atomic mass is 16.5. The molecular formula is C15H22O. The molecule has 88 valence electrons. The summed E-state index contributed by atoms with van der Waals surface area (Å²) in [6, 6.07) is 8.33. The van der Waals surface area contributed by atoms with Crippen LogP contribution in [0, 0.1) is 12.8 Å². The highest BCUT2D eigenvalue weighted by Crippen LogP contribution is 2.26. The van der Waals surface area contributed by atoms with Crippen molar-refractivity contribution >= 4 is 0 Å². The van der Waals surface area contributed by atoms with Gasteiger partial charge in [0.2, 0.25) is 0 Å². The summed E-state index contributed by atoms with van der Waals surface area (Å²) in [4.78, 5) is 0. The zero-order valence-electron chi connectivity index (χ0n) is 10.2. The molecule has 16 heavy (non-hydrogen) atoms. The van der Waals surface area contributed by atoms with Gasteiger partial charge in [0.1, 0.15) is 5.75 Å². The Morgan fingerprint density at radius 1 is 1.19 bits per heavy atom. The van der Waals surface area contributed by atoms with E-state index in [1.54, 1.807) is 0 Å². The summed E-state index contributed by atoms with van der Waals surface area (Å²) in [6.45, 7) is 2.99. The third-order valence-corrected chi connectivity index (χ3v) is 3.51. The highest BCUT2D eigenvalue weighted by Gasteiger charge is 2.12. The number of rotatable bonds is 4. The zero-order valence-corrected chi connectivity index (χ0v) is 10.2. The van der Waals surface area contributed by atoms with Gasteiger partial charge in [-0.3, -0.25) is 0 Å². The van der Waals surface area contributed by atoms with Crippen molar-refractivity contribution in [3.05, 3.63) is 29.8 Å². The minimum atomic E-state index is 0.883. The van der Waals surface area contributed by atoms with E-state index in [4.69, 9.17) is 4.74 Å². The van der Waals surface area contributed by atoms with Crippen molar-refractivity contribution < 1.29 is 4.74 Å². The standard InChI is InChI=1S/C15H22O/c1-13-6-5-9-15(12-13)16-11-10-14-7-3-2-4-8-14/h5-6,9,12,14H,2-4,7-8,10-11H2,1H3. The first kappa shape index (κ1) is 11.5. The average Bonchev–Trinajstić information content (AvgIpc) is 2.30. The molecule has 0 N–H and O–H groups in total. The molecule has 1 heteroatoms. The van der Waals surface area contributed by atoms with Crippen molar-refractivity contribution in [2.45, 2.75) is 45.4 Å². The van der Waals surface area contributed by atoms with Gasteiger partial charge < -0.3 is 4.74 Å². The van der Waals surface area contributed by atoms with Crippen molar-refractivity contribution in [3.8, 4) is 5.75 Å². The maximum absolute atomic E-state index is 5.79. The van der Waals surface area contributed by atoms with Crippen LogP contribution in [0.4, 0.5) is 0 Å². The van der Waals surface area contributed by atoms with Crippen molar-refractivity contribution in [3.63, 3.8) is 0 Å². The first-order valence-electron chi connectivity index (χ1n) is 6.54. The molecule has 0 aromatic heterocycles. The van der Waals surface area contributed by atoms with Crippen LogP contribution in [0.5, 0.6) is 5.75 Å². The monoisotopic (exact) mass is 218 g/mol. The van der Waals surface area contributed by atoms with Crippen molar-refractivity contribution in [2.75, 3.05) is 6.61 Å². The van der Waals surface area contributed by atoms with Crippen molar-refractivity contribution in [2.24, 2.45) is 5.92 Å². The van der Waals surface area contributed by atoms with Crippen LogP contribution in [0.15, 0.2) is 24.3 Å². The second kappa shape index (κ2) is 5.93. The smallest absolute Gasteiger partial charge is 0.119 e. The van der Waals surface area contributed by atoms with Crippen LogP contribution < -0.4 is 4.74 Å². The maximum Gasteiger partial charge on any atom is 0.119 e. The minimum Gasteiger partial charge on any atom is -0.494 e. The Bertz CT molecular complexity index is 313. The van der Waals surface area contributed by atoms with Crippen LogP contribution in [0.1, 0.15) is 44.1 Å². The quantitative estimate of drug-likeness (QED) is 0.730. The highest BCUT2D eigenvalue weighted by molar-refractivity contribution is 5.27. The Kier molecular flexibility index (Phi) is 4.26. The molecule has 1 saturated carbocycles. The van der Waals surface area contributed by atoms with Crippen LogP contribution in [0.2, 0.25) is 0 Å². The van der Waals surface area contributed by atoms with Gasteiger partial charge in [0.05, 0.1) is 6.61 Å². The molecule has 1 aromatic carbocycles. The second-order valence-corrected chi connectivity index (χ2v) is 4.96. The van der Waals surface area contributed by atoms with Gasteiger partial charge in [0, 0.05) is 0 Å². The number of aryl methyl sites for hydroxylation is 1. The summed E-state index contributed by atoms with van der Waals surface area (Å²) in [7, 11) is 0. The van der Waals surface area contributed by atoms with E-state index in [1.165, 1.54) is 44.1 Å². The molecule has 2 rings (SSSR count). The van der Waals surface area contributed by atoms with Crippen LogP contribution in [0.3, 0.4) is 0 Å². The molecule has 0 spiro atoms. The van der Waals surface area contributed by atoms with Gasteiger partial charge in [-0.15, -0.1) is 0 Å². The molecule has 0 amide bonds. The Labute approximate surface area is 98.8 Å². The summed E-state index contributed by atoms with van der Waals surface area (Å²) >= 11 is 0. The Morgan fingerprint density at radius 2 is 2.00 bits per heavy atom. The Morgan fingerprint density at radius 3 is 2.75 bits per heavy atom. The zero-order chi connectivity index (χ0) is 11.2. The summed E-state index contributed by atoms with van der Waals surface area (Å²) in [5, 5.41) is 0. The fourth-order valence-electron chi connectivity index (χ4n) is 2.52. The normalized spacial score (nSPS) is 17.3. The lowest BCUT2D eigenvalue weighted by molar-refractivity contribution is 0.246. The summed E-state index contributed by atoms with van der Waals surface area (Å²) in [5.41, 5.74) is 1.27. The fraction of sp³-hybridized carbons (Fsp3) is 0.600. The van der Waals surface area contributed by atoms with E-state index in [1.807, 2.05) is 6.07 Å². The third kappa shape index (κ3) is 3.55. The minimum absolute atomic E-state index is 0.883. The molecule has 0 radical (unpaired) electrons. The van der Waals surface area contributed by atoms with Gasteiger partial charge in [0.25, 0.3) is 0 Å². The molecular weight excluding hydrogens is 196 g/mol. The molecule has 0 heterocycles. The van der Waals surface area contributed by atoms with Crippen LogP contribution in [-0.4, -0.2) is 6.61 Å². The summed E-state index contributed by atoms with van der Waals surface area (Å²) < 4.78 is 5.79. The SMILES string of the molecule is Cc1cccc(OCCC2CCCCC2)c1. The van der Waals surface area contributed by atoms with Crippen LogP contribution in [-0.2, 0) is 0 Å². The second-order valence-electron chi connectivity index (χ2n) is 4.96. The van der Waals surface area contributed by atoms with Crippen LogP contribution >= 0.6 is 0 Å². The van der Waals surface area contributed by atoms with E-state index in [9.17, 15) is 0 Å². The fourth-order valence-corrected chi connectivity index (χ4v) is 2.52. The van der Waals surface area contributed by atoms with E-state index in [0.29, 0.717) is 0 Å². The maximum atomic E-state index is 5.79.